The fourth-order valence-electron chi connectivity index (χ4n) is 3.20. The molecule has 0 bridgehead atoms. The number of hydrogen-bond acceptors (Lipinski definition) is 3. The minimum absolute atomic E-state index is 0.147. The number of nitrogens with zero attached hydrogens (tertiary/aromatic N) is 2. The predicted molar refractivity (Wildman–Crippen MR) is 88.6 cm³/mol. The van der Waals surface area contributed by atoms with Gasteiger partial charge in [0.15, 0.2) is 16.7 Å². The van der Waals surface area contributed by atoms with Gasteiger partial charge in [-0.25, -0.2) is 9.37 Å². The minimum atomic E-state index is -0.321. The van der Waals surface area contributed by atoms with Crippen LogP contribution in [0.5, 0.6) is 5.75 Å². The third kappa shape index (κ3) is 3.21. The van der Waals surface area contributed by atoms with Crippen LogP contribution in [-0.2, 0) is 19.4 Å². The van der Waals surface area contributed by atoms with Crippen LogP contribution in [0.25, 0.3) is 0 Å². The summed E-state index contributed by atoms with van der Waals surface area (Å²) in [6, 6.07) is 5.26. The molecule has 2 heterocycles. The number of halogens is 2. The number of benzene rings is 1. The molecule has 6 heteroatoms. The molecule has 0 saturated carbocycles. The molecule has 1 aromatic carbocycles. The van der Waals surface area contributed by atoms with Crippen molar-refractivity contribution in [2.24, 2.45) is 0 Å². The van der Waals surface area contributed by atoms with Crippen LogP contribution in [0, 0.1) is 5.82 Å². The molecule has 0 amide bonds. The summed E-state index contributed by atoms with van der Waals surface area (Å²) in [4.78, 5) is 4.46. The normalized spacial score (nSPS) is 17.1. The summed E-state index contributed by atoms with van der Waals surface area (Å²) >= 11 is 6.33. The zero-order chi connectivity index (χ0) is 16.4. The highest BCUT2D eigenvalue weighted by atomic mass is 35.5. The van der Waals surface area contributed by atoms with Crippen LogP contribution in [0.2, 0.25) is 5.15 Å². The van der Waals surface area contributed by atoms with Crippen molar-refractivity contribution in [1.29, 1.82) is 0 Å². The molecule has 4 nitrogen and oxygen atoms in total. The number of ether oxygens (including phenoxy) is 1. The largest absolute Gasteiger partial charge is 0.494 e. The van der Waals surface area contributed by atoms with Crippen LogP contribution in [0.15, 0.2) is 18.2 Å². The maximum absolute atomic E-state index is 13.8. The molecule has 1 aliphatic heterocycles. The van der Waals surface area contributed by atoms with Gasteiger partial charge in [-0.15, -0.1) is 0 Å². The fourth-order valence-corrected chi connectivity index (χ4v) is 3.53. The summed E-state index contributed by atoms with van der Waals surface area (Å²) in [5.74, 6) is 0.989. The third-order valence-corrected chi connectivity index (χ3v) is 4.63. The molecule has 1 aliphatic rings. The second-order valence-corrected chi connectivity index (χ2v) is 6.08. The van der Waals surface area contributed by atoms with Crippen molar-refractivity contribution >= 4 is 11.6 Å². The van der Waals surface area contributed by atoms with Crippen LogP contribution in [0.1, 0.15) is 36.5 Å². The summed E-state index contributed by atoms with van der Waals surface area (Å²) in [6.45, 7) is 3.88. The lowest BCUT2D eigenvalue weighted by Gasteiger charge is -2.27. The quantitative estimate of drug-likeness (QED) is 0.907. The molecule has 1 unspecified atom stereocenters. The number of rotatable bonds is 5. The molecular weight excluding hydrogens is 317 g/mol. The molecule has 0 radical (unpaired) electrons. The highest BCUT2D eigenvalue weighted by Gasteiger charge is 2.26. The molecule has 0 aliphatic carbocycles. The van der Waals surface area contributed by atoms with Gasteiger partial charge in [0.1, 0.15) is 5.82 Å². The van der Waals surface area contributed by atoms with Gasteiger partial charge >= 0.3 is 0 Å². The van der Waals surface area contributed by atoms with Crippen molar-refractivity contribution in [2.45, 2.75) is 38.8 Å². The summed E-state index contributed by atoms with van der Waals surface area (Å²) < 4.78 is 21.0. The summed E-state index contributed by atoms with van der Waals surface area (Å²) in [5.41, 5.74) is 2.01. The fraction of sp³-hybridized carbons (Fsp3) is 0.471. The Morgan fingerprint density at radius 3 is 3.00 bits per heavy atom. The van der Waals surface area contributed by atoms with E-state index in [-0.39, 0.29) is 17.6 Å². The molecule has 1 atom stereocenters. The van der Waals surface area contributed by atoms with Gasteiger partial charge in [0.25, 0.3) is 0 Å². The second kappa shape index (κ2) is 6.89. The molecule has 0 spiro atoms. The Morgan fingerprint density at radius 2 is 2.30 bits per heavy atom. The number of fused-ring (bicyclic) bond motifs is 1. The van der Waals surface area contributed by atoms with Crippen molar-refractivity contribution in [3.63, 3.8) is 0 Å². The number of aromatic nitrogens is 2. The van der Waals surface area contributed by atoms with Gasteiger partial charge in [-0.2, -0.15) is 0 Å². The van der Waals surface area contributed by atoms with E-state index in [0.29, 0.717) is 5.15 Å². The molecule has 0 fully saturated rings. The molecular formula is C17H21ClFN3O. The maximum Gasteiger partial charge on any atom is 0.165 e. The summed E-state index contributed by atoms with van der Waals surface area (Å²) in [7, 11) is 1.47. The standard InChI is InChI=1S/C17H21ClFN3O/c1-3-15-21-17(18)16-13(20-8-9-22(15)16)6-4-11-5-7-14(23-2)12(19)10-11/h5,7,10,13,20H,3-4,6,8-9H2,1-2H3. The number of aryl methyl sites for hydroxylation is 2. The lowest BCUT2D eigenvalue weighted by molar-refractivity contribution is 0.385. The molecule has 0 saturated heterocycles. The van der Waals surface area contributed by atoms with E-state index in [9.17, 15) is 4.39 Å². The highest BCUT2D eigenvalue weighted by molar-refractivity contribution is 6.30. The van der Waals surface area contributed by atoms with E-state index in [4.69, 9.17) is 16.3 Å². The van der Waals surface area contributed by atoms with E-state index in [1.54, 1.807) is 6.07 Å². The molecule has 3 rings (SSSR count). The van der Waals surface area contributed by atoms with Gasteiger partial charge in [0.05, 0.1) is 18.8 Å². The summed E-state index contributed by atoms with van der Waals surface area (Å²) in [5, 5.41) is 4.08. The van der Waals surface area contributed by atoms with Crippen molar-refractivity contribution in [1.82, 2.24) is 14.9 Å². The van der Waals surface area contributed by atoms with Crippen molar-refractivity contribution in [3.05, 3.63) is 46.3 Å². The Kier molecular flexibility index (Phi) is 4.87. The van der Waals surface area contributed by atoms with E-state index in [2.05, 4.69) is 21.8 Å². The van der Waals surface area contributed by atoms with E-state index in [1.165, 1.54) is 13.2 Å². The number of methoxy groups -OCH3 is 1. The Morgan fingerprint density at radius 1 is 1.48 bits per heavy atom. The zero-order valence-electron chi connectivity index (χ0n) is 13.4. The smallest absolute Gasteiger partial charge is 0.165 e. The molecule has 124 valence electrons. The minimum Gasteiger partial charge on any atom is -0.494 e. The van der Waals surface area contributed by atoms with Crippen molar-refractivity contribution < 1.29 is 9.13 Å². The van der Waals surface area contributed by atoms with Gasteiger partial charge < -0.3 is 14.6 Å². The summed E-state index contributed by atoms with van der Waals surface area (Å²) in [6.07, 6.45) is 2.48. The van der Waals surface area contributed by atoms with Gasteiger partial charge in [0.2, 0.25) is 0 Å². The molecule has 23 heavy (non-hydrogen) atoms. The third-order valence-electron chi connectivity index (χ3n) is 4.35. The van der Waals surface area contributed by atoms with E-state index < -0.39 is 0 Å². The topological polar surface area (TPSA) is 39.1 Å². The maximum atomic E-state index is 13.8. The van der Waals surface area contributed by atoms with Gasteiger partial charge in [-0.05, 0) is 30.5 Å². The average molecular weight is 338 g/mol. The lowest BCUT2D eigenvalue weighted by atomic mass is 10.0. The van der Waals surface area contributed by atoms with Gasteiger partial charge in [-0.1, -0.05) is 24.6 Å². The Labute approximate surface area is 140 Å². The van der Waals surface area contributed by atoms with Crippen LogP contribution in [-0.4, -0.2) is 23.2 Å². The average Bonchev–Trinajstić information content (AvgIpc) is 2.90. The highest BCUT2D eigenvalue weighted by Crippen LogP contribution is 2.30. The van der Waals surface area contributed by atoms with Gasteiger partial charge in [-0.3, -0.25) is 0 Å². The lowest BCUT2D eigenvalue weighted by Crippen LogP contribution is -2.34. The van der Waals surface area contributed by atoms with Crippen LogP contribution >= 0.6 is 11.6 Å². The Bertz CT molecular complexity index is 701. The monoisotopic (exact) mass is 337 g/mol. The first-order valence-corrected chi connectivity index (χ1v) is 8.32. The van der Waals surface area contributed by atoms with Crippen molar-refractivity contribution in [3.8, 4) is 5.75 Å². The first kappa shape index (κ1) is 16.3. The van der Waals surface area contributed by atoms with Gasteiger partial charge in [0, 0.05) is 19.5 Å². The van der Waals surface area contributed by atoms with Crippen LogP contribution < -0.4 is 10.1 Å². The Hall–Kier alpha value is -1.59. The van der Waals surface area contributed by atoms with Crippen molar-refractivity contribution in [2.75, 3.05) is 13.7 Å². The van der Waals surface area contributed by atoms with E-state index >= 15 is 0 Å². The number of hydrogen-bond donors (Lipinski definition) is 1. The molecule has 1 N–H and O–H groups in total. The van der Waals surface area contributed by atoms with Crippen LogP contribution in [0.3, 0.4) is 0 Å². The Balaban J connectivity index is 1.75. The first-order valence-electron chi connectivity index (χ1n) is 7.94. The van der Waals surface area contributed by atoms with E-state index in [1.807, 2.05) is 6.07 Å². The SMILES string of the molecule is CCc1nc(Cl)c2n1CCNC2CCc1ccc(OC)c(F)c1. The molecule has 2 aromatic rings. The first-order chi connectivity index (χ1) is 11.1. The zero-order valence-corrected chi connectivity index (χ0v) is 14.2. The predicted octanol–water partition coefficient (Wildman–Crippen LogP) is 3.52. The number of nitrogens with one attached hydrogen (secondary N) is 1. The number of imidazole rings is 1. The molecule has 1 aromatic heterocycles. The second-order valence-electron chi connectivity index (χ2n) is 5.72. The van der Waals surface area contributed by atoms with E-state index in [0.717, 1.165) is 49.4 Å². The van der Waals surface area contributed by atoms with Crippen LogP contribution in [0.4, 0.5) is 4.39 Å².